The molecular weight excluding hydrogens is 282 g/mol. The lowest BCUT2D eigenvalue weighted by molar-refractivity contribution is 0.0465. The molecule has 0 amide bonds. The molecule has 2 aromatic rings. The molecule has 1 aliphatic rings. The first kappa shape index (κ1) is 14.3. The second-order valence-corrected chi connectivity index (χ2v) is 4.86. The van der Waals surface area contributed by atoms with Crippen LogP contribution in [0.1, 0.15) is 33.3 Å². The molecule has 0 radical (unpaired) electrons. The molecule has 0 fully saturated rings. The summed E-state index contributed by atoms with van der Waals surface area (Å²) in [6.45, 7) is 2.34. The zero-order chi connectivity index (χ0) is 15.5. The SMILES string of the molecule is CCOC(=O)c1cc2c(nc1-c1ccccc1)C(=O)OCC2. The van der Waals surface area contributed by atoms with Crippen LogP contribution in [0.3, 0.4) is 0 Å². The summed E-state index contributed by atoms with van der Waals surface area (Å²) in [4.78, 5) is 28.5. The second kappa shape index (κ2) is 5.97. The second-order valence-electron chi connectivity index (χ2n) is 4.86. The number of fused-ring (bicyclic) bond motifs is 1. The summed E-state index contributed by atoms with van der Waals surface area (Å²) >= 11 is 0. The van der Waals surface area contributed by atoms with Gasteiger partial charge in [-0.1, -0.05) is 30.3 Å². The van der Waals surface area contributed by atoms with Crippen LogP contribution in [0, 0.1) is 0 Å². The number of aromatic nitrogens is 1. The van der Waals surface area contributed by atoms with Gasteiger partial charge in [0.15, 0.2) is 5.69 Å². The van der Waals surface area contributed by atoms with Crippen molar-refractivity contribution in [3.05, 3.63) is 53.2 Å². The molecule has 112 valence electrons. The van der Waals surface area contributed by atoms with Crippen LogP contribution in [0.15, 0.2) is 36.4 Å². The summed E-state index contributed by atoms with van der Waals surface area (Å²) in [6.07, 6.45) is 0.551. The van der Waals surface area contributed by atoms with Crippen molar-refractivity contribution in [3.63, 3.8) is 0 Å². The fourth-order valence-corrected chi connectivity index (χ4v) is 2.42. The molecule has 3 rings (SSSR count). The van der Waals surface area contributed by atoms with Crippen molar-refractivity contribution in [2.24, 2.45) is 0 Å². The van der Waals surface area contributed by atoms with Crippen molar-refractivity contribution in [2.45, 2.75) is 13.3 Å². The summed E-state index contributed by atoms with van der Waals surface area (Å²) < 4.78 is 10.1. The predicted molar refractivity (Wildman–Crippen MR) is 79.6 cm³/mol. The van der Waals surface area contributed by atoms with E-state index < -0.39 is 11.9 Å². The number of hydrogen-bond acceptors (Lipinski definition) is 5. The highest BCUT2D eigenvalue weighted by atomic mass is 16.5. The van der Waals surface area contributed by atoms with Crippen LogP contribution in [0.5, 0.6) is 0 Å². The number of carbonyl (C=O) groups is 2. The van der Waals surface area contributed by atoms with E-state index in [2.05, 4.69) is 4.98 Å². The molecular formula is C17H15NO4. The molecule has 0 atom stereocenters. The van der Waals surface area contributed by atoms with Gasteiger partial charge >= 0.3 is 11.9 Å². The van der Waals surface area contributed by atoms with Gasteiger partial charge in [0.1, 0.15) is 0 Å². The lowest BCUT2D eigenvalue weighted by atomic mass is 9.99. The third kappa shape index (κ3) is 2.57. The van der Waals surface area contributed by atoms with Crippen LogP contribution in [-0.4, -0.2) is 30.1 Å². The van der Waals surface area contributed by atoms with E-state index >= 15 is 0 Å². The third-order valence-corrected chi connectivity index (χ3v) is 3.44. The van der Waals surface area contributed by atoms with Gasteiger partial charge in [0.25, 0.3) is 0 Å². The van der Waals surface area contributed by atoms with Gasteiger partial charge in [-0.2, -0.15) is 0 Å². The normalized spacial score (nSPS) is 13.2. The first-order valence-corrected chi connectivity index (χ1v) is 7.14. The molecule has 0 saturated carbocycles. The van der Waals surface area contributed by atoms with E-state index in [0.29, 0.717) is 24.3 Å². The summed E-state index contributed by atoms with van der Waals surface area (Å²) in [5, 5.41) is 0. The maximum Gasteiger partial charge on any atom is 0.357 e. The van der Waals surface area contributed by atoms with Crippen LogP contribution in [0.4, 0.5) is 0 Å². The lowest BCUT2D eigenvalue weighted by Gasteiger charge is -2.18. The van der Waals surface area contributed by atoms with Gasteiger partial charge in [0, 0.05) is 12.0 Å². The predicted octanol–water partition coefficient (Wildman–Crippen LogP) is 2.64. The summed E-state index contributed by atoms with van der Waals surface area (Å²) in [6, 6.07) is 11.0. The van der Waals surface area contributed by atoms with E-state index in [9.17, 15) is 9.59 Å². The Morgan fingerprint density at radius 3 is 2.77 bits per heavy atom. The Bertz CT molecular complexity index is 725. The number of pyridine rings is 1. The van der Waals surface area contributed by atoms with Gasteiger partial charge in [-0.15, -0.1) is 0 Å². The van der Waals surface area contributed by atoms with Crippen LogP contribution in [0.25, 0.3) is 11.3 Å². The maximum atomic E-state index is 12.2. The van der Waals surface area contributed by atoms with E-state index in [1.165, 1.54) is 0 Å². The Kier molecular flexibility index (Phi) is 3.87. The van der Waals surface area contributed by atoms with Crippen LogP contribution in [0.2, 0.25) is 0 Å². The molecule has 0 spiro atoms. The quantitative estimate of drug-likeness (QED) is 0.815. The Morgan fingerprint density at radius 1 is 1.27 bits per heavy atom. The summed E-state index contributed by atoms with van der Waals surface area (Å²) in [7, 11) is 0. The Morgan fingerprint density at radius 2 is 2.05 bits per heavy atom. The number of cyclic esters (lactones) is 1. The molecule has 0 saturated heterocycles. The van der Waals surface area contributed by atoms with Crippen molar-refractivity contribution in [2.75, 3.05) is 13.2 Å². The number of benzene rings is 1. The van der Waals surface area contributed by atoms with E-state index in [0.717, 1.165) is 11.1 Å². The molecule has 1 aromatic carbocycles. The highest BCUT2D eigenvalue weighted by Gasteiger charge is 2.26. The van der Waals surface area contributed by atoms with Crippen molar-refractivity contribution < 1.29 is 19.1 Å². The minimum Gasteiger partial charge on any atom is -0.462 e. The molecule has 22 heavy (non-hydrogen) atoms. The van der Waals surface area contributed by atoms with Gasteiger partial charge in [0.2, 0.25) is 0 Å². The largest absolute Gasteiger partial charge is 0.462 e. The first-order valence-electron chi connectivity index (χ1n) is 7.14. The number of rotatable bonds is 3. The average molecular weight is 297 g/mol. The smallest absolute Gasteiger partial charge is 0.357 e. The topological polar surface area (TPSA) is 65.5 Å². The Hall–Kier alpha value is -2.69. The number of carbonyl (C=O) groups excluding carboxylic acids is 2. The monoisotopic (exact) mass is 297 g/mol. The highest BCUT2D eigenvalue weighted by Crippen LogP contribution is 2.27. The first-order chi connectivity index (χ1) is 10.7. The zero-order valence-electron chi connectivity index (χ0n) is 12.2. The molecule has 1 aliphatic heterocycles. The minimum absolute atomic E-state index is 0.276. The van der Waals surface area contributed by atoms with Crippen LogP contribution in [-0.2, 0) is 15.9 Å². The molecule has 5 nitrogen and oxygen atoms in total. The fraction of sp³-hybridized carbons (Fsp3) is 0.235. The van der Waals surface area contributed by atoms with Crippen molar-refractivity contribution in [3.8, 4) is 11.3 Å². The van der Waals surface area contributed by atoms with Crippen molar-refractivity contribution in [1.82, 2.24) is 4.98 Å². The van der Waals surface area contributed by atoms with E-state index in [4.69, 9.17) is 9.47 Å². The van der Waals surface area contributed by atoms with Gasteiger partial charge in [-0.3, -0.25) is 0 Å². The van der Waals surface area contributed by atoms with Crippen LogP contribution >= 0.6 is 0 Å². The standard InChI is InChI=1S/C17H15NO4/c1-2-21-16(19)13-10-12-8-9-22-17(20)15(12)18-14(13)11-6-4-3-5-7-11/h3-7,10H,2,8-9H2,1H3. The fourth-order valence-electron chi connectivity index (χ4n) is 2.42. The maximum absolute atomic E-state index is 12.2. The highest BCUT2D eigenvalue weighted by molar-refractivity contribution is 5.99. The van der Waals surface area contributed by atoms with E-state index in [-0.39, 0.29) is 12.3 Å². The van der Waals surface area contributed by atoms with E-state index in [1.807, 2.05) is 30.3 Å². The van der Waals surface area contributed by atoms with Gasteiger partial charge < -0.3 is 9.47 Å². The zero-order valence-corrected chi connectivity index (χ0v) is 12.2. The van der Waals surface area contributed by atoms with Crippen molar-refractivity contribution in [1.29, 1.82) is 0 Å². The number of ether oxygens (including phenoxy) is 2. The van der Waals surface area contributed by atoms with Gasteiger partial charge in [-0.25, -0.2) is 14.6 Å². The van der Waals surface area contributed by atoms with E-state index in [1.54, 1.807) is 13.0 Å². The van der Waals surface area contributed by atoms with Gasteiger partial charge in [-0.05, 0) is 18.6 Å². The molecule has 0 bridgehead atoms. The number of esters is 2. The molecule has 2 heterocycles. The van der Waals surface area contributed by atoms with Crippen LogP contribution < -0.4 is 0 Å². The average Bonchev–Trinajstić information content (AvgIpc) is 2.55. The number of hydrogen-bond donors (Lipinski definition) is 0. The number of nitrogens with zero attached hydrogens (tertiary/aromatic N) is 1. The Labute approximate surface area is 127 Å². The summed E-state index contributed by atoms with van der Waals surface area (Å²) in [5.74, 6) is -0.885. The van der Waals surface area contributed by atoms with Crippen molar-refractivity contribution >= 4 is 11.9 Å². The molecule has 5 heteroatoms. The molecule has 0 N–H and O–H groups in total. The summed E-state index contributed by atoms with van der Waals surface area (Å²) in [5.41, 5.74) is 2.57. The third-order valence-electron chi connectivity index (χ3n) is 3.44. The minimum atomic E-state index is -0.450. The molecule has 0 aliphatic carbocycles. The van der Waals surface area contributed by atoms with Gasteiger partial charge in [0.05, 0.1) is 24.5 Å². The Balaban J connectivity index is 2.18. The molecule has 1 aromatic heterocycles. The lowest BCUT2D eigenvalue weighted by Crippen LogP contribution is -2.21. The molecule has 0 unspecified atom stereocenters.